The molecule has 0 radical (unpaired) electrons. The third kappa shape index (κ3) is 4.33. The first kappa shape index (κ1) is 17.8. The molecule has 5 nitrogen and oxygen atoms in total. The van der Waals surface area contributed by atoms with Gasteiger partial charge in [-0.15, -0.1) is 0 Å². The van der Waals surface area contributed by atoms with Crippen molar-refractivity contribution >= 4 is 17.6 Å². The predicted octanol–water partition coefficient (Wildman–Crippen LogP) is 3.70. The number of carbonyl (C=O) groups is 2. The molecule has 2 fully saturated rings. The Morgan fingerprint density at radius 3 is 2.76 bits per heavy atom. The van der Waals surface area contributed by atoms with Crippen molar-refractivity contribution in [3.8, 4) is 0 Å². The molecule has 2 heterocycles. The number of urea groups is 1. The van der Waals surface area contributed by atoms with E-state index in [1.54, 1.807) is 0 Å². The van der Waals surface area contributed by atoms with E-state index in [4.69, 9.17) is 0 Å². The first-order valence-corrected chi connectivity index (χ1v) is 9.47. The molecule has 2 aliphatic rings. The number of amides is 3. The maximum absolute atomic E-state index is 12.8. The molecular formula is C20H29N3O2. The summed E-state index contributed by atoms with van der Waals surface area (Å²) >= 11 is 0. The Balaban J connectivity index is 1.61. The number of nitrogens with one attached hydrogen (secondary N) is 1. The van der Waals surface area contributed by atoms with E-state index in [1.165, 1.54) is 5.56 Å². The number of hydrogen-bond donors (Lipinski definition) is 1. The Morgan fingerprint density at radius 2 is 2.04 bits per heavy atom. The molecule has 1 unspecified atom stereocenters. The zero-order chi connectivity index (χ0) is 17.8. The second-order valence-electron chi connectivity index (χ2n) is 7.36. The number of benzene rings is 1. The van der Waals surface area contributed by atoms with Crippen molar-refractivity contribution < 1.29 is 9.59 Å². The van der Waals surface area contributed by atoms with Gasteiger partial charge >= 0.3 is 6.03 Å². The van der Waals surface area contributed by atoms with Crippen molar-refractivity contribution in [3.05, 3.63) is 29.3 Å². The molecule has 3 amide bonds. The molecule has 5 heteroatoms. The van der Waals surface area contributed by atoms with E-state index in [2.05, 4.69) is 18.3 Å². The zero-order valence-electron chi connectivity index (χ0n) is 15.4. The highest BCUT2D eigenvalue weighted by Gasteiger charge is 2.28. The molecule has 1 aromatic rings. The fraction of sp³-hybridized carbons (Fsp3) is 0.600. The molecule has 0 spiro atoms. The summed E-state index contributed by atoms with van der Waals surface area (Å²) in [4.78, 5) is 28.5. The lowest BCUT2D eigenvalue weighted by molar-refractivity contribution is -0.127. The Labute approximate surface area is 150 Å². The summed E-state index contributed by atoms with van der Waals surface area (Å²) in [6.45, 7) is 6.53. The van der Waals surface area contributed by atoms with Gasteiger partial charge in [-0.25, -0.2) is 4.79 Å². The molecule has 2 saturated heterocycles. The standard InChI is InChI=1S/C20H29N3O2/c1-15-8-9-18(16(2)14-15)21-20(25)23-12-4-3-6-17(23)10-13-22-11-5-7-19(22)24/h8-9,14,17H,3-7,10-13H2,1-2H3,(H,21,25). The fourth-order valence-electron chi connectivity index (χ4n) is 3.95. The summed E-state index contributed by atoms with van der Waals surface area (Å²) in [5.74, 6) is 0.266. The van der Waals surface area contributed by atoms with Gasteiger partial charge in [0.25, 0.3) is 0 Å². The summed E-state index contributed by atoms with van der Waals surface area (Å²) in [5.41, 5.74) is 3.17. The van der Waals surface area contributed by atoms with Crippen LogP contribution in [0.25, 0.3) is 0 Å². The first-order chi connectivity index (χ1) is 12.0. The van der Waals surface area contributed by atoms with Crippen molar-refractivity contribution in [1.29, 1.82) is 0 Å². The van der Waals surface area contributed by atoms with Gasteiger partial charge in [0, 0.05) is 37.8 Å². The molecule has 0 bridgehead atoms. The van der Waals surface area contributed by atoms with Crippen LogP contribution in [0, 0.1) is 13.8 Å². The van der Waals surface area contributed by atoms with Crippen LogP contribution in [0.1, 0.15) is 49.7 Å². The SMILES string of the molecule is Cc1ccc(NC(=O)N2CCCCC2CCN2CCCC2=O)c(C)c1. The number of piperidine rings is 1. The van der Waals surface area contributed by atoms with E-state index < -0.39 is 0 Å². The number of rotatable bonds is 4. The van der Waals surface area contributed by atoms with E-state index >= 15 is 0 Å². The van der Waals surface area contributed by atoms with Gasteiger partial charge in [0.05, 0.1) is 0 Å². The zero-order valence-corrected chi connectivity index (χ0v) is 15.4. The van der Waals surface area contributed by atoms with E-state index in [0.717, 1.165) is 63.0 Å². The molecule has 1 atom stereocenters. The predicted molar refractivity (Wildman–Crippen MR) is 99.7 cm³/mol. The van der Waals surface area contributed by atoms with E-state index in [9.17, 15) is 9.59 Å². The normalized spacial score (nSPS) is 20.9. The monoisotopic (exact) mass is 343 g/mol. The van der Waals surface area contributed by atoms with Crippen LogP contribution in [-0.2, 0) is 4.79 Å². The lowest BCUT2D eigenvalue weighted by Crippen LogP contribution is -2.47. The van der Waals surface area contributed by atoms with Gasteiger partial charge in [0.2, 0.25) is 5.91 Å². The molecule has 1 N–H and O–H groups in total. The summed E-state index contributed by atoms with van der Waals surface area (Å²) in [6, 6.07) is 6.31. The van der Waals surface area contributed by atoms with Crippen LogP contribution in [0.4, 0.5) is 10.5 Å². The van der Waals surface area contributed by atoms with Crippen LogP contribution >= 0.6 is 0 Å². The lowest BCUT2D eigenvalue weighted by atomic mass is 9.99. The second-order valence-corrected chi connectivity index (χ2v) is 7.36. The summed E-state index contributed by atoms with van der Waals surface area (Å²) < 4.78 is 0. The van der Waals surface area contributed by atoms with Crippen molar-refractivity contribution in [2.45, 2.75) is 58.4 Å². The Bertz CT molecular complexity index is 644. The number of carbonyl (C=O) groups excluding carboxylic acids is 2. The third-order valence-electron chi connectivity index (χ3n) is 5.42. The topological polar surface area (TPSA) is 52.7 Å². The van der Waals surface area contributed by atoms with Gasteiger partial charge in [-0.2, -0.15) is 0 Å². The van der Waals surface area contributed by atoms with Gasteiger partial charge in [-0.05, 0) is 57.6 Å². The van der Waals surface area contributed by atoms with Gasteiger partial charge in [-0.1, -0.05) is 17.7 Å². The molecule has 0 saturated carbocycles. The summed E-state index contributed by atoms with van der Waals surface area (Å²) in [6.07, 6.45) is 5.78. The largest absolute Gasteiger partial charge is 0.343 e. The average molecular weight is 343 g/mol. The first-order valence-electron chi connectivity index (χ1n) is 9.47. The number of hydrogen-bond acceptors (Lipinski definition) is 2. The quantitative estimate of drug-likeness (QED) is 0.906. The van der Waals surface area contributed by atoms with Gasteiger partial charge < -0.3 is 15.1 Å². The molecule has 0 aliphatic carbocycles. The van der Waals surface area contributed by atoms with Crippen molar-refractivity contribution in [3.63, 3.8) is 0 Å². The lowest BCUT2D eigenvalue weighted by Gasteiger charge is -2.36. The van der Waals surface area contributed by atoms with Crippen LogP contribution in [0.2, 0.25) is 0 Å². The molecule has 25 heavy (non-hydrogen) atoms. The minimum absolute atomic E-state index is 0.00981. The highest BCUT2D eigenvalue weighted by molar-refractivity contribution is 5.90. The minimum Gasteiger partial charge on any atom is -0.343 e. The molecular weight excluding hydrogens is 314 g/mol. The molecule has 3 rings (SSSR count). The smallest absolute Gasteiger partial charge is 0.322 e. The number of anilines is 1. The van der Waals surface area contributed by atoms with E-state index in [1.807, 2.05) is 28.9 Å². The number of aryl methyl sites for hydroxylation is 2. The van der Waals surface area contributed by atoms with E-state index in [0.29, 0.717) is 6.42 Å². The maximum atomic E-state index is 12.8. The highest BCUT2D eigenvalue weighted by Crippen LogP contribution is 2.23. The maximum Gasteiger partial charge on any atom is 0.322 e. The summed E-state index contributed by atoms with van der Waals surface area (Å²) in [7, 11) is 0. The summed E-state index contributed by atoms with van der Waals surface area (Å²) in [5, 5.41) is 3.08. The molecule has 136 valence electrons. The Hall–Kier alpha value is -2.04. The van der Waals surface area contributed by atoms with Crippen molar-refractivity contribution in [1.82, 2.24) is 9.80 Å². The third-order valence-corrected chi connectivity index (χ3v) is 5.42. The van der Waals surface area contributed by atoms with Crippen LogP contribution in [0.15, 0.2) is 18.2 Å². The minimum atomic E-state index is -0.00981. The van der Waals surface area contributed by atoms with Gasteiger partial charge in [-0.3, -0.25) is 4.79 Å². The van der Waals surface area contributed by atoms with Gasteiger partial charge in [0.1, 0.15) is 0 Å². The van der Waals surface area contributed by atoms with Crippen LogP contribution in [-0.4, -0.2) is 47.4 Å². The Kier molecular flexibility index (Phi) is 5.61. The van der Waals surface area contributed by atoms with Gasteiger partial charge in [0.15, 0.2) is 0 Å². The molecule has 1 aromatic carbocycles. The number of nitrogens with zero attached hydrogens (tertiary/aromatic N) is 2. The van der Waals surface area contributed by atoms with Crippen molar-refractivity contribution in [2.24, 2.45) is 0 Å². The number of likely N-dealkylation sites (tertiary alicyclic amines) is 2. The van der Waals surface area contributed by atoms with Crippen LogP contribution in [0.5, 0.6) is 0 Å². The van der Waals surface area contributed by atoms with Crippen LogP contribution in [0.3, 0.4) is 0 Å². The fourth-order valence-corrected chi connectivity index (χ4v) is 3.95. The molecule has 0 aromatic heterocycles. The molecule has 2 aliphatic heterocycles. The van der Waals surface area contributed by atoms with Crippen molar-refractivity contribution in [2.75, 3.05) is 25.0 Å². The van der Waals surface area contributed by atoms with E-state index in [-0.39, 0.29) is 18.0 Å². The highest BCUT2D eigenvalue weighted by atomic mass is 16.2. The average Bonchev–Trinajstić information content (AvgIpc) is 3.01. The Morgan fingerprint density at radius 1 is 1.20 bits per heavy atom. The second kappa shape index (κ2) is 7.89. The van der Waals surface area contributed by atoms with Crippen LogP contribution < -0.4 is 5.32 Å².